The van der Waals surface area contributed by atoms with Crippen LogP contribution in [0.4, 0.5) is 0 Å². The number of benzene rings is 1. The number of rotatable bonds is 2. The number of amides is 2. The van der Waals surface area contributed by atoms with Gasteiger partial charge in [-0.1, -0.05) is 0 Å². The molecular formula is C21H22N6O2. The van der Waals surface area contributed by atoms with Gasteiger partial charge >= 0.3 is 0 Å². The zero-order valence-electron chi connectivity index (χ0n) is 16.2. The van der Waals surface area contributed by atoms with Gasteiger partial charge in [-0.2, -0.15) is 0 Å². The van der Waals surface area contributed by atoms with Crippen molar-refractivity contribution in [2.24, 2.45) is 5.92 Å². The topological polar surface area (TPSA) is 95.1 Å². The molecule has 148 valence electrons. The van der Waals surface area contributed by atoms with E-state index < -0.39 is 0 Å². The largest absolute Gasteiger partial charge is 0.342 e. The van der Waals surface area contributed by atoms with Gasteiger partial charge in [0.2, 0.25) is 0 Å². The number of aromatic nitrogens is 4. The third-order valence-electron chi connectivity index (χ3n) is 5.89. The van der Waals surface area contributed by atoms with Crippen molar-refractivity contribution in [2.75, 3.05) is 19.6 Å². The molecule has 2 amide bonds. The van der Waals surface area contributed by atoms with Gasteiger partial charge in [-0.15, -0.1) is 0 Å². The zero-order chi connectivity index (χ0) is 20.0. The van der Waals surface area contributed by atoms with Gasteiger partial charge in [-0.25, -0.2) is 9.97 Å². The summed E-state index contributed by atoms with van der Waals surface area (Å²) in [5.74, 6) is 1.01. The van der Waals surface area contributed by atoms with E-state index in [1.165, 1.54) is 12.4 Å². The Morgan fingerprint density at radius 2 is 2.00 bits per heavy atom. The van der Waals surface area contributed by atoms with Gasteiger partial charge in [-0.05, 0) is 43.9 Å². The van der Waals surface area contributed by atoms with Crippen molar-refractivity contribution in [3.8, 4) is 0 Å². The summed E-state index contributed by atoms with van der Waals surface area (Å²) in [6, 6.07) is 5.61. The molecule has 1 aromatic carbocycles. The van der Waals surface area contributed by atoms with Crippen LogP contribution in [0, 0.1) is 12.8 Å². The van der Waals surface area contributed by atoms with Crippen molar-refractivity contribution in [1.82, 2.24) is 29.7 Å². The molecule has 0 spiro atoms. The van der Waals surface area contributed by atoms with Crippen molar-refractivity contribution >= 4 is 22.8 Å². The van der Waals surface area contributed by atoms with E-state index in [1.54, 1.807) is 6.20 Å². The Balaban J connectivity index is 1.39. The molecule has 2 atom stereocenters. The third-order valence-corrected chi connectivity index (χ3v) is 5.89. The molecule has 3 aliphatic rings. The smallest absolute Gasteiger partial charge is 0.274 e. The molecule has 8 nitrogen and oxygen atoms in total. The lowest BCUT2D eigenvalue weighted by Gasteiger charge is -2.36. The molecule has 3 aromatic rings. The summed E-state index contributed by atoms with van der Waals surface area (Å²) in [5, 5.41) is 0. The number of hydrogen-bond donors (Lipinski definition) is 1. The molecule has 5 heterocycles. The van der Waals surface area contributed by atoms with E-state index >= 15 is 0 Å². The zero-order valence-corrected chi connectivity index (χ0v) is 16.2. The second-order valence-corrected chi connectivity index (χ2v) is 7.91. The van der Waals surface area contributed by atoms with E-state index in [0.29, 0.717) is 30.9 Å². The number of hydrogen-bond acceptors (Lipinski definition) is 5. The van der Waals surface area contributed by atoms with Crippen molar-refractivity contribution < 1.29 is 9.59 Å². The predicted octanol–water partition coefficient (Wildman–Crippen LogP) is 2.04. The number of carbonyl (C=O) groups excluding carboxylic acids is 2. The third kappa shape index (κ3) is 3.24. The Morgan fingerprint density at radius 3 is 2.83 bits per heavy atom. The number of nitrogens with zero attached hydrogens (tertiary/aromatic N) is 5. The van der Waals surface area contributed by atoms with Crippen LogP contribution in [-0.2, 0) is 0 Å². The van der Waals surface area contributed by atoms with Crippen LogP contribution in [0.1, 0.15) is 39.5 Å². The molecule has 0 radical (unpaired) electrons. The van der Waals surface area contributed by atoms with Gasteiger partial charge < -0.3 is 14.8 Å². The quantitative estimate of drug-likeness (QED) is 0.722. The summed E-state index contributed by atoms with van der Waals surface area (Å²) in [6.45, 7) is 3.75. The fourth-order valence-electron chi connectivity index (χ4n) is 4.50. The highest BCUT2D eigenvalue weighted by molar-refractivity contribution is 5.98. The first-order valence-corrected chi connectivity index (χ1v) is 9.91. The SMILES string of the molecule is Cc1nc2ccc(C(=O)N3C[C@H]4CC[C@@H]3CN(C(=O)c3cnccn3)C4)cc2[nH]1. The van der Waals surface area contributed by atoms with Gasteiger partial charge in [0.05, 0.1) is 17.2 Å². The second kappa shape index (κ2) is 6.95. The number of H-pyrrole nitrogens is 1. The maximum Gasteiger partial charge on any atom is 0.274 e. The summed E-state index contributed by atoms with van der Waals surface area (Å²) in [4.78, 5) is 45.7. The molecule has 0 aliphatic carbocycles. The van der Waals surface area contributed by atoms with E-state index in [1.807, 2.05) is 34.9 Å². The van der Waals surface area contributed by atoms with Crippen molar-refractivity contribution in [1.29, 1.82) is 0 Å². The number of fused-ring (bicyclic) bond motifs is 5. The molecule has 0 unspecified atom stereocenters. The number of piperidine rings is 1. The van der Waals surface area contributed by atoms with Gasteiger partial charge in [0.1, 0.15) is 11.5 Å². The number of imidazole rings is 1. The van der Waals surface area contributed by atoms with Gasteiger partial charge in [0, 0.05) is 43.6 Å². The van der Waals surface area contributed by atoms with Gasteiger partial charge in [-0.3, -0.25) is 14.6 Å². The Kier molecular flexibility index (Phi) is 4.26. The first kappa shape index (κ1) is 17.8. The normalized spacial score (nSPS) is 21.4. The average molecular weight is 390 g/mol. The molecule has 2 bridgehead atoms. The van der Waals surface area contributed by atoms with Crippen LogP contribution in [-0.4, -0.2) is 67.2 Å². The lowest BCUT2D eigenvalue weighted by molar-refractivity contribution is 0.0574. The van der Waals surface area contributed by atoms with E-state index in [2.05, 4.69) is 19.9 Å². The lowest BCUT2D eigenvalue weighted by atomic mass is 9.94. The Bertz CT molecular complexity index is 1080. The Morgan fingerprint density at radius 1 is 1.10 bits per heavy atom. The molecule has 1 N–H and O–H groups in total. The number of carbonyl (C=O) groups is 2. The number of nitrogens with one attached hydrogen (secondary N) is 1. The fourth-order valence-corrected chi connectivity index (χ4v) is 4.50. The standard InChI is InChI=1S/C21H22N6O2/c1-13-24-17-5-3-15(8-18(17)25-13)20(28)27-11-14-2-4-16(27)12-26(10-14)21(29)19-9-22-6-7-23-19/h3,5-9,14,16H,2,4,10-12H2,1H3,(H,24,25)/t14-,16+/m0/s1. The highest BCUT2D eigenvalue weighted by Gasteiger charge is 2.39. The molecule has 8 heteroatoms. The molecular weight excluding hydrogens is 368 g/mol. The second-order valence-electron chi connectivity index (χ2n) is 7.91. The predicted molar refractivity (Wildman–Crippen MR) is 106 cm³/mol. The Hall–Kier alpha value is -3.29. The summed E-state index contributed by atoms with van der Waals surface area (Å²) < 4.78 is 0. The van der Waals surface area contributed by atoms with Crippen LogP contribution < -0.4 is 0 Å². The minimum absolute atomic E-state index is 0.0149. The summed E-state index contributed by atoms with van der Waals surface area (Å²) in [7, 11) is 0. The highest BCUT2D eigenvalue weighted by Crippen LogP contribution is 2.30. The van der Waals surface area contributed by atoms with Crippen molar-refractivity contribution in [2.45, 2.75) is 25.8 Å². The van der Waals surface area contributed by atoms with E-state index in [9.17, 15) is 9.59 Å². The first-order chi connectivity index (χ1) is 14.1. The average Bonchev–Trinajstić information content (AvgIpc) is 2.90. The summed E-state index contributed by atoms with van der Waals surface area (Å²) in [6.07, 6.45) is 6.52. The number of aromatic amines is 1. The fraction of sp³-hybridized carbons (Fsp3) is 0.381. The number of aryl methyl sites for hydroxylation is 1. The minimum atomic E-state index is -0.112. The van der Waals surface area contributed by atoms with Crippen molar-refractivity contribution in [3.05, 3.63) is 53.9 Å². The Labute approximate surface area is 168 Å². The van der Waals surface area contributed by atoms with Crippen molar-refractivity contribution in [3.63, 3.8) is 0 Å². The summed E-state index contributed by atoms with van der Waals surface area (Å²) in [5.41, 5.74) is 2.73. The van der Waals surface area contributed by atoms with Crippen LogP contribution >= 0.6 is 0 Å². The molecule has 3 saturated heterocycles. The first-order valence-electron chi connectivity index (χ1n) is 9.91. The van der Waals surface area contributed by atoms with Crippen LogP contribution in [0.15, 0.2) is 36.8 Å². The van der Waals surface area contributed by atoms with E-state index in [0.717, 1.165) is 29.7 Å². The summed E-state index contributed by atoms with van der Waals surface area (Å²) >= 11 is 0. The maximum absolute atomic E-state index is 13.3. The molecule has 2 aromatic heterocycles. The van der Waals surface area contributed by atoms with Crippen LogP contribution in [0.5, 0.6) is 0 Å². The molecule has 6 rings (SSSR count). The van der Waals surface area contributed by atoms with Crippen LogP contribution in [0.25, 0.3) is 11.0 Å². The molecule has 29 heavy (non-hydrogen) atoms. The monoisotopic (exact) mass is 390 g/mol. The minimum Gasteiger partial charge on any atom is -0.342 e. The van der Waals surface area contributed by atoms with E-state index in [-0.39, 0.29) is 23.8 Å². The van der Waals surface area contributed by atoms with Crippen LogP contribution in [0.2, 0.25) is 0 Å². The molecule has 3 fully saturated rings. The van der Waals surface area contributed by atoms with Gasteiger partial charge in [0.15, 0.2) is 0 Å². The lowest BCUT2D eigenvalue weighted by Crippen LogP contribution is -2.47. The van der Waals surface area contributed by atoms with Gasteiger partial charge in [0.25, 0.3) is 11.8 Å². The molecule has 0 saturated carbocycles. The van der Waals surface area contributed by atoms with E-state index in [4.69, 9.17) is 0 Å². The maximum atomic E-state index is 13.3. The highest BCUT2D eigenvalue weighted by atomic mass is 16.2. The van der Waals surface area contributed by atoms with Crippen LogP contribution in [0.3, 0.4) is 0 Å². The molecule has 3 aliphatic heterocycles.